The van der Waals surface area contributed by atoms with E-state index in [1.54, 1.807) is 24.3 Å². The number of nitrogens with one attached hydrogen (secondary N) is 1. The lowest BCUT2D eigenvalue weighted by atomic mass is 10.2. The van der Waals surface area contributed by atoms with Crippen LogP contribution in [-0.2, 0) is 4.79 Å². The second-order valence-electron chi connectivity index (χ2n) is 4.85. The lowest BCUT2D eigenvalue weighted by Gasteiger charge is -2.10. The number of halogens is 3. The van der Waals surface area contributed by atoms with Crippen LogP contribution in [0.15, 0.2) is 51.7 Å². The molecule has 0 saturated heterocycles. The van der Waals surface area contributed by atoms with Crippen LogP contribution in [0.3, 0.4) is 0 Å². The molecule has 1 N–H and O–H groups in total. The molecule has 6 nitrogen and oxygen atoms in total. The molecule has 0 aliphatic rings. The predicted octanol–water partition coefficient (Wildman–Crippen LogP) is 3.79. The molecule has 0 saturated carbocycles. The number of amides is 1. The molecule has 0 aliphatic carbocycles. The second kappa shape index (κ2) is 7.39. The maximum absolute atomic E-state index is 13.7. The summed E-state index contributed by atoms with van der Waals surface area (Å²) in [6.45, 7) is -0.344. The van der Waals surface area contributed by atoms with Crippen molar-refractivity contribution in [2.45, 2.75) is 0 Å². The zero-order chi connectivity index (χ0) is 17.8. The molecule has 3 aromatic rings. The minimum absolute atomic E-state index is 0.0993. The summed E-state index contributed by atoms with van der Waals surface area (Å²) in [6.07, 6.45) is 1.22. The Balaban J connectivity index is 1.59. The van der Waals surface area contributed by atoms with Gasteiger partial charge in [0.05, 0.1) is 5.69 Å². The number of carbonyl (C=O) groups is 1. The molecule has 9 heteroatoms. The highest BCUT2D eigenvalue weighted by Crippen LogP contribution is 2.27. The molecule has 0 fully saturated rings. The Morgan fingerprint density at radius 2 is 2.00 bits per heavy atom. The maximum Gasteiger partial charge on any atom is 0.262 e. The fraction of sp³-hybridized carbons (Fsp3) is 0.0625. The van der Waals surface area contributed by atoms with Crippen LogP contribution in [-0.4, -0.2) is 22.7 Å². The first-order chi connectivity index (χ1) is 12.0. The number of hydrogen-bond donors (Lipinski definition) is 1. The van der Waals surface area contributed by atoms with Crippen LogP contribution < -0.4 is 10.1 Å². The number of benzene rings is 2. The number of anilines is 1. The summed E-state index contributed by atoms with van der Waals surface area (Å²) in [5.41, 5.74) is 0.549. The molecule has 1 aromatic heterocycles. The molecule has 3 rings (SSSR count). The standard InChI is InChI=1S/C16H10BrF2N3O3/c17-12-5-10(18)6-13(19)15(12)21-14(23)7-24-11-3-1-9(2-4-11)16-22-20-8-25-16/h1-6,8H,7H2,(H,21,23). The highest BCUT2D eigenvalue weighted by atomic mass is 79.9. The van der Waals surface area contributed by atoms with Crippen LogP contribution in [0, 0.1) is 11.6 Å². The third kappa shape index (κ3) is 4.18. The van der Waals surface area contributed by atoms with E-state index in [2.05, 4.69) is 31.4 Å². The second-order valence-corrected chi connectivity index (χ2v) is 5.70. The number of nitrogens with zero attached hydrogens (tertiary/aromatic N) is 2. The Morgan fingerprint density at radius 3 is 2.64 bits per heavy atom. The highest BCUT2D eigenvalue weighted by molar-refractivity contribution is 9.10. The molecule has 25 heavy (non-hydrogen) atoms. The van der Waals surface area contributed by atoms with Crippen LogP contribution in [0.1, 0.15) is 0 Å². The SMILES string of the molecule is O=C(COc1ccc(-c2nnco2)cc1)Nc1c(F)cc(F)cc1Br. The molecule has 0 bridgehead atoms. The first kappa shape index (κ1) is 17.0. The molecule has 1 amide bonds. The van der Waals surface area contributed by atoms with Gasteiger partial charge >= 0.3 is 0 Å². The van der Waals surface area contributed by atoms with Gasteiger partial charge in [-0.25, -0.2) is 8.78 Å². The predicted molar refractivity (Wildman–Crippen MR) is 87.9 cm³/mol. The van der Waals surface area contributed by atoms with E-state index in [1.807, 2.05) is 0 Å². The van der Waals surface area contributed by atoms with E-state index in [1.165, 1.54) is 6.39 Å². The zero-order valence-electron chi connectivity index (χ0n) is 12.5. The lowest BCUT2D eigenvalue weighted by Crippen LogP contribution is -2.21. The number of ether oxygens (including phenoxy) is 1. The monoisotopic (exact) mass is 409 g/mol. The number of carbonyl (C=O) groups excluding carboxylic acids is 1. The van der Waals surface area contributed by atoms with Crippen molar-refractivity contribution in [3.63, 3.8) is 0 Å². The summed E-state index contributed by atoms with van der Waals surface area (Å²) >= 11 is 2.99. The quantitative estimate of drug-likeness (QED) is 0.693. The Bertz CT molecular complexity index is 863. The summed E-state index contributed by atoms with van der Waals surface area (Å²) in [5, 5.41) is 9.68. The Morgan fingerprint density at radius 1 is 1.24 bits per heavy atom. The van der Waals surface area contributed by atoms with Gasteiger partial charge in [-0.15, -0.1) is 10.2 Å². The van der Waals surface area contributed by atoms with Gasteiger partial charge in [0.25, 0.3) is 5.91 Å². The van der Waals surface area contributed by atoms with Gasteiger partial charge in [-0.2, -0.15) is 0 Å². The van der Waals surface area contributed by atoms with Crippen molar-refractivity contribution in [2.75, 3.05) is 11.9 Å². The van der Waals surface area contributed by atoms with Crippen LogP contribution in [0.2, 0.25) is 0 Å². The molecule has 0 atom stereocenters. The smallest absolute Gasteiger partial charge is 0.262 e. The van der Waals surface area contributed by atoms with E-state index >= 15 is 0 Å². The maximum atomic E-state index is 13.7. The molecule has 0 spiro atoms. The summed E-state index contributed by atoms with van der Waals surface area (Å²) in [4.78, 5) is 11.9. The lowest BCUT2D eigenvalue weighted by molar-refractivity contribution is -0.118. The van der Waals surface area contributed by atoms with Crippen LogP contribution in [0.4, 0.5) is 14.5 Å². The van der Waals surface area contributed by atoms with Crippen molar-refractivity contribution in [2.24, 2.45) is 0 Å². The molecule has 128 valence electrons. The average Bonchev–Trinajstić information content (AvgIpc) is 3.11. The van der Waals surface area contributed by atoms with E-state index in [-0.39, 0.29) is 16.8 Å². The third-order valence-corrected chi connectivity index (χ3v) is 3.73. The van der Waals surface area contributed by atoms with Crippen molar-refractivity contribution in [3.05, 3.63) is 58.9 Å². The van der Waals surface area contributed by atoms with Crippen LogP contribution in [0.25, 0.3) is 11.5 Å². The van der Waals surface area contributed by atoms with Gasteiger partial charge in [0.1, 0.15) is 11.6 Å². The molecule has 1 heterocycles. The van der Waals surface area contributed by atoms with Crippen molar-refractivity contribution >= 4 is 27.5 Å². The van der Waals surface area contributed by atoms with Gasteiger partial charge in [-0.05, 0) is 46.3 Å². The Hall–Kier alpha value is -2.81. The van der Waals surface area contributed by atoms with E-state index < -0.39 is 17.5 Å². The first-order valence-electron chi connectivity index (χ1n) is 6.97. The Labute approximate surface area is 149 Å². The zero-order valence-corrected chi connectivity index (χ0v) is 14.1. The average molecular weight is 410 g/mol. The molecular formula is C16H10BrF2N3O3. The van der Waals surface area contributed by atoms with Crippen molar-refractivity contribution in [1.82, 2.24) is 10.2 Å². The summed E-state index contributed by atoms with van der Waals surface area (Å²) in [5.74, 6) is -1.44. The van der Waals surface area contributed by atoms with Crippen molar-refractivity contribution in [1.29, 1.82) is 0 Å². The molecule has 0 aliphatic heterocycles. The number of rotatable bonds is 5. The largest absolute Gasteiger partial charge is 0.484 e. The van der Waals surface area contributed by atoms with Gasteiger partial charge in [0.2, 0.25) is 12.3 Å². The van der Waals surface area contributed by atoms with Gasteiger partial charge < -0.3 is 14.5 Å². The Kier molecular flexibility index (Phi) is 5.03. The highest BCUT2D eigenvalue weighted by Gasteiger charge is 2.13. The minimum Gasteiger partial charge on any atom is -0.484 e. The molecular weight excluding hydrogens is 400 g/mol. The fourth-order valence-electron chi connectivity index (χ4n) is 1.98. The van der Waals surface area contributed by atoms with E-state index in [0.717, 1.165) is 6.07 Å². The number of aromatic nitrogens is 2. The van der Waals surface area contributed by atoms with Crippen molar-refractivity contribution < 1.29 is 22.7 Å². The van der Waals surface area contributed by atoms with Crippen LogP contribution >= 0.6 is 15.9 Å². The topological polar surface area (TPSA) is 77.2 Å². The van der Waals surface area contributed by atoms with E-state index in [0.29, 0.717) is 23.3 Å². The molecule has 0 radical (unpaired) electrons. The van der Waals surface area contributed by atoms with Crippen molar-refractivity contribution in [3.8, 4) is 17.2 Å². The van der Waals surface area contributed by atoms with Gasteiger partial charge in [0.15, 0.2) is 12.4 Å². The van der Waals surface area contributed by atoms with Gasteiger partial charge in [0, 0.05) is 16.1 Å². The summed E-state index contributed by atoms with van der Waals surface area (Å²) < 4.78 is 37.2. The third-order valence-electron chi connectivity index (χ3n) is 3.10. The van der Waals surface area contributed by atoms with Crippen LogP contribution in [0.5, 0.6) is 5.75 Å². The van der Waals surface area contributed by atoms with Gasteiger partial charge in [-0.3, -0.25) is 4.79 Å². The van der Waals surface area contributed by atoms with Gasteiger partial charge in [-0.1, -0.05) is 0 Å². The van der Waals surface area contributed by atoms with E-state index in [9.17, 15) is 13.6 Å². The summed E-state index contributed by atoms with van der Waals surface area (Å²) in [7, 11) is 0. The first-order valence-corrected chi connectivity index (χ1v) is 7.76. The molecule has 0 unspecified atom stereocenters. The normalized spacial score (nSPS) is 10.5. The summed E-state index contributed by atoms with van der Waals surface area (Å²) in [6, 6.07) is 8.36. The molecule has 2 aromatic carbocycles. The minimum atomic E-state index is -0.885. The fourth-order valence-corrected chi connectivity index (χ4v) is 2.49. The van der Waals surface area contributed by atoms with E-state index in [4.69, 9.17) is 9.15 Å². The number of hydrogen-bond acceptors (Lipinski definition) is 5.